The summed E-state index contributed by atoms with van der Waals surface area (Å²) in [5.41, 5.74) is 0. The Morgan fingerprint density at radius 3 is 2.95 bits per heavy atom. The predicted molar refractivity (Wildman–Crippen MR) is 75.2 cm³/mol. The van der Waals surface area contributed by atoms with Crippen molar-refractivity contribution in [2.75, 3.05) is 18.1 Å². The highest BCUT2D eigenvalue weighted by molar-refractivity contribution is 7.91. The third kappa shape index (κ3) is 4.56. The summed E-state index contributed by atoms with van der Waals surface area (Å²) in [5, 5.41) is 5.53. The Bertz CT molecular complexity index is 539. The van der Waals surface area contributed by atoms with Gasteiger partial charge in [-0.05, 0) is 31.4 Å². The fraction of sp³-hybridized carbons (Fsp3) is 0.615. The van der Waals surface area contributed by atoms with Crippen LogP contribution >= 0.6 is 0 Å². The molecule has 1 fully saturated rings. The summed E-state index contributed by atoms with van der Waals surface area (Å²) in [5.74, 6) is 1.26. The lowest BCUT2D eigenvalue weighted by Gasteiger charge is -2.15. The monoisotopic (exact) mass is 300 g/mol. The first-order valence-electron chi connectivity index (χ1n) is 6.72. The van der Waals surface area contributed by atoms with Crippen molar-refractivity contribution >= 4 is 15.9 Å². The van der Waals surface area contributed by atoms with Crippen molar-refractivity contribution in [3.05, 3.63) is 24.2 Å². The molecule has 20 heavy (non-hydrogen) atoms. The van der Waals surface area contributed by atoms with Gasteiger partial charge < -0.3 is 15.1 Å². The maximum absolute atomic E-state index is 11.7. The van der Waals surface area contributed by atoms with Crippen LogP contribution in [-0.4, -0.2) is 38.5 Å². The maximum Gasteiger partial charge on any atom is 0.315 e. The molecule has 2 heterocycles. The van der Waals surface area contributed by atoms with Gasteiger partial charge in [0.1, 0.15) is 5.76 Å². The van der Waals surface area contributed by atoms with Crippen LogP contribution in [0, 0.1) is 5.92 Å². The Kier molecular flexibility index (Phi) is 4.69. The molecule has 1 aliphatic heterocycles. The van der Waals surface area contributed by atoms with Gasteiger partial charge in [0, 0.05) is 19.0 Å². The molecule has 1 aromatic rings. The van der Waals surface area contributed by atoms with Crippen LogP contribution in [0.1, 0.15) is 19.1 Å². The standard InChI is InChI=1S/C13H20N2O4S/c1-10(7-12-3-2-5-19-12)15-13(16)14-8-11-4-6-20(17,18)9-11/h2-3,5,10-11H,4,6-9H2,1H3,(H2,14,15,16)/t10-,11+/m1/s1. The lowest BCUT2D eigenvalue weighted by Crippen LogP contribution is -2.43. The predicted octanol–water partition coefficient (Wildman–Crippen LogP) is 0.945. The summed E-state index contributed by atoms with van der Waals surface area (Å²) < 4.78 is 27.8. The molecule has 0 aliphatic carbocycles. The number of carbonyl (C=O) groups is 1. The summed E-state index contributed by atoms with van der Waals surface area (Å²) in [7, 11) is -2.88. The van der Waals surface area contributed by atoms with E-state index >= 15 is 0 Å². The fourth-order valence-corrected chi connectivity index (χ4v) is 4.19. The maximum atomic E-state index is 11.7. The van der Waals surface area contributed by atoms with Gasteiger partial charge in [-0.2, -0.15) is 0 Å². The quantitative estimate of drug-likeness (QED) is 0.847. The van der Waals surface area contributed by atoms with Crippen molar-refractivity contribution in [3.8, 4) is 0 Å². The molecule has 2 amide bonds. The number of amides is 2. The number of hydrogen-bond donors (Lipinski definition) is 2. The number of rotatable bonds is 5. The molecular formula is C13H20N2O4S. The first-order valence-corrected chi connectivity index (χ1v) is 8.54. The van der Waals surface area contributed by atoms with E-state index in [4.69, 9.17) is 4.42 Å². The average molecular weight is 300 g/mol. The third-order valence-corrected chi connectivity index (χ3v) is 5.18. The van der Waals surface area contributed by atoms with Crippen molar-refractivity contribution in [2.24, 2.45) is 5.92 Å². The van der Waals surface area contributed by atoms with Gasteiger partial charge in [-0.25, -0.2) is 13.2 Å². The second kappa shape index (κ2) is 6.30. The molecule has 0 aromatic carbocycles. The molecule has 2 rings (SSSR count). The first kappa shape index (κ1) is 14.9. The van der Waals surface area contributed by atoms with Gasteiger partial charge in [0.15, 0.2) is 9.84 Å². The zero-order valence-corrected chi connectivity index (χ0v) is 12.3. The molecule has 1 saturated heterocycles. The number of furan rings is 1. The number of carbonyl (C=O) groups excluding carboxylic acids is 1. The summed E-state index contributed by atoms with van der Waals surface area (Å²) in [6, 6.07) is 3.35. The molecule has 1 aromatic heterocycles. The number of nitrogens with one attached hydrogen (secondary N) is 2. The Morgan fingerprint density at radius 2 is 2.35 bits per heavy atom. The average Bonchev–Trinajstić information content (AvgIpc) is 2.96. The first-order chi connectivity index (χ1) is 9.44. The molecule has 6 nitrogen and oxygen atoms in total. The van der Waals surface area contributed by atoms with E-state index < -0.39 is 9.84 Å². The zero-order valence-electron chi connectivity index (χ0n) is 11.5. The molecule has 2 N–H and O–H groups in total. The molecule has 0 saturated carbocycles. The summed E-state index contributed by atoms with van der Waals surface area (Å²) in [4.78, 5) is 11.7. The summed E-state index contributed by atoms with van der Waals surface area (Å²) in [6.45, 7) is 2.29. The smallest absolute Gasteiger partial charge is 0.315 e. The van der Waals surface area contributed by atoms with Crippen LogP contribution in [0.15, 0.2) is 22.8 Å². The zero-order chi connectivity index (χ0) is 14.6. The summed E-state index contributed by atoms with van der Waals surface area (Å²) >= 11 is 0. The van der Waals surface area contributed by atoms with E-state index in [1.165, 1.54) is 0 Å². The van der Waals surface area contributed by atoms with Crippen LogP contribution in [0.3, 0.4) is 0 Å². The molecule has 2 atom stereocenters. The van der Waals surface area contributed by atoms with Crippen molar-refractivity contribution in [3.63, 3.8) is 0 Å². The van der Waals surface area contributed by atoms with E-state index in [2.05, 4.69) is 10.6 Å². The van der Waals surface area contributed by atoms with Gasteiger partial charge >= 0.3 is 6.03 Å². The second-order valence-corrected chi connectivity index (χ2v) is 7.54. The molecule has 0 spiro atoms. The molecule has 0 radical (unpaired) electrons. The molecular weight excluding hydrogens is 280 g/mol. The van der Waals surface area contributed by atoms with Crippen molar-refractivity contribution in [1.29, 1.82) is 0 Å². The molecule has 0 bridgehead atoms. The minimum absolute atomic E-state index is 0.0335. The van der Waals surface area contributed by atoms with Crippen LogP contribution < -0.4 is 10.6 Å². The van der Waals surface area contributed by atoms with Gasteiger partial charge in [0.05, 0.1) is 17.8 Å². The van der Waals surface area contributed by atoms with Crippen LogP contribution in [0.2, 0.25) is 0 Å². The highest BCUT2D eigenvalue weighted by Crippen LogP contribution is 2.17. The normalized spacial score (nSPS) is 22.4. The lowest BCUT2D eigenvalue weighted by molar-refractivity contribution is 0.235. The SMILES string of the molecule is C[C@H](Cc1ccco1)NC(=O)NC[C@@H]1CCS(=O)(=O)C1. The van der Waals surface area contributed by atoms with E-state index in [9.17, 15) is 13.2 Å². The van der Waals surface area contributed by atoms with E-state index in [1.54, 1.807) is 6.26 Å². The van der Waals surface area contributed by atoms with Crippen LogP contribution in [-0.2, 0) is 16.3 Å². The van der Waals surface area contributed by atoms with Crippen molar-refractivity contribution in [2.45, 2.75) is 25.8 Å². The Morgan fingerprint density at radius 1 is 1.55 bits per heavy atom. The minimum Gasteiger partial charge on any atom is -0.469 e. The van der Waals surface area contributed by atoms with E-state index in [-0.39, 0.29) is 29.5 Å². The second-order valence-electron chi connectivity index (χ2n) is 5.31. The minimum atomic E-state index is -2.88. The van der Waals surface area contributed by atoms with Crippen molar-refractivity contribution < 1.29 is 17.6 Å². The lowest BCUT2D eigenvalue weighted by atomic mass is 10.1. The molecule has 0 unspecified atom stereocenters. The van der Waals surface area contributed by atoms with Gasteiger partial charge in [0.25, 0.3) is 0 Å². The summed E-state index contributed by atoms with van der Waals surface area (Å²) in [6.07, 6.45) is 2.85. The number of urea groups is 1. The largest absolute Gasteiger partial charge is 0.469 e. The van der Waals surface area contributed by atoms with Crippen molar-refractivity contribution in [1.82, 2.24) is 10.6 Å². The highest BCUT2D eigenvalue weighted by atomic mass is 32.2. The number of sulfone groups is 1. The highest BCUT2D eigenvalue weighted by Gasteiger charge is 2.27. The van der Waals surface area contributed by atoms with Gasteiger partial charge in [-0.15, -0.1) is 0 Å². The van der Waals surface area contributed by atoms with Gasteiger partial charge in [-0.1, -0.05) is 0 Å². The Hall–Kier alpha value is -1.50. The van der Waals surface area contributed by atoms with E-state index in [0.717, 1.165) is 5.76 Å². The Labute approximate surface area is 118 Å². The Balaban J connectivity index is 1.68. The number of hydrogen-bond acceptors (Lipinski definition) is 4. The van der Waals surface area contributed by atoms with Crippen LogP contribution in [0.5, 0.6) is 0 Å². The molecule has 7 heteroatoms. The molecule has 112 valence electrons. The van der Waals surface area contributed by atoms with Gasteiger partial charge in [0.2, 0.25) is 0 Å². The van der Waals surface area contributed by atoms with E-state index in [1.807, 2.05) is 19.1 Å². The third-order valence-electron chi connectivity index (χ3n) is 3.34. The molecule has 1 aliphatic rings. The van der Waals surface area contributed by atoms with Crippen LogP contribution in [0.4, 0.5) is 4.79 Å². The fourth-order valence-electron chi connectivity index (χ4n) is 2.33. The van der Waals surface area contributed by atoms with Crippen LogP contribution in [0.25, 0.3) is 0 Å². The van der Waals surface area contributed by atoms with Gasteiger partial charge in [-0.3, -0.25) is 0 Å². The topological polar surface area (TPSA) is 88.4 Å². The van der Waals surface area contributed by atoms with E-state index in [0.29, 0.717) is 19.4 Å².